The van der Waals surface area contributed by atoms with Crippen molar-refractivity contribution < 1.29 is 9.59 Å². The van der Waals surface area contributed by atoms with Crippen molar-refractivity contribution in [2.45, 2.75) is 45.6 Å². The fourth-order valence-corrected chi connectivity index (χ4v) is 3.71. The van der Waals surface area contributed by atoms with Crippen molar-refractivity contribution in [2.24, 2.45) is 5.92 Å². The van der Waals surface area contributed by atoms with Gasteiger partial charge in [0.15, 0.2) is 0 Å². The summed E-state index contributed by atoms with van der Waals surface area (Å²) in [6.45, 7) is 4.73. The number of hydrogen-bond donors (Lipinski definition) is 1. The van der Waals surface area contributed by atoms with Gasteiger partial charge in [-0.2, -0.15) is 0 Å². The molecular weight excluding hydrogens is 352 g/mol. The number of imidazole rings is 1. The number of carbonyl (C=O) groups is 2. The SMILES string of the molecule is Cc1nccn1CCCNC(=O)C1CCC(=O)N(CCCc2ccccc2)C1. The minimum atomic E-state index is -0.0931. The summed E-state index contributed by atoms with van der Waals surface area (Å²) >= 11 is 0. The first kappa shape index (κ1) is 20.1. The van der Waals surface area contributed by atoms with Gasteiger partial charge in [-0.3, -0.25) is 9.59 Å². The molecule has 0 spiro atoms. The summed E-state index contributed by atoms with van der Waals surface area (Å²) in [5.41, 5.74) is 1.29. The third kappa shape index (κ3) is 5.68. The summed E-state index contributed by atoms with van der Waals surface area (Å²) < 4.78 is 2.08. The Morgan fingerprint density at radius 2 is 2.04 bits per heavy atom. The Bertz CT molecular complexity index is 772. The lowest BCUT2D eigenvalue weighted by Gasteiger charge is -2.32. The van der Waals surface area contributed by atoms with E-state index in [4.69, 9.17) is 0 Å². The minimum Gasteiger partial charge on any atom is -0.356 e. The molecular formula is C22H30N4O2. The van der Waals surface area contributed by atoms with E-state index in [1.807, 2.05) is 36.2 Å². The smallest absolute Gasteiger partial charge is 0.224 e. The van der Waals surface area contributed by atoms with Gasteiger partial charge in [-0.15, -0.1) is 0 Å². The van der Waals surface area contributed by atoms with Crippen LogP contribution in [0.2, 0.25) is 0 Å². The van der Waals surface area contributed by atoms with Gasteiger partial charge in [0.05, 0.1) is 5.92 Å². The van der Waals surface area contributed by atoms with Crippen LogP contribution in [0.25, 0.3) is 0 Å². The second kappa shape index (κ2) is 10.1. The summed E-state index contributed by atoms with van der Waals surface area (Å²) in [6, 6.07) is 10.3. The van der Waals surface area contributed by atoms with E-state index in [0.29, 0.717) is 25.9 Å². The summed E-state index contributed by atoms with van der Waals surface area (Å²) in [6.07, 6.45) is 7.62. The summed E-state index contributed by atoms with van der Waals surface area (Å²) in [5, 5.41) is 3.04. The van der Waals surface area contributed by atoms with E-state index in [9.17, 15) is 9.59 Å². The molecule has 2 heterocycles. The highest BCUT2D eigenvalue weighted by atomic mass is 16.2. The first-order chi connectivity index (χ1) is 13.6. The van der Waals surface area contributed by atoms with E-state index in [0.717, 1.165) is 38.2 Å². The Labute approximate surface area is 166 Å². The predicted molar refractivity (Wildman–Crippen MR) is 109 cm³/mol. The lowest BCUT2D eigenvalue weighted by Crippen LogP contribution is -2.46. The Morgan fingerprint density at radius 1 is 1.21 bits per heavy atom. The quantitative estimate of drug-likeness (QED) is 0.678. The van der Waals surface area contributed by atoms with Crippen LogP contribution in [0.15, 0.2) is 42.7 Å². The van der Waals surface area contributed by atoms with Crippen molar-refractivity contribution in [3.63, 3.8) is 0 Å². The number of rotatable bonds is 9. The highest BCUT2D eigenvalue weighted by molar-refractivity contribution is 5.83. The summed E-state index contributed by atoms with van der Waals surface area (Å²) in [5.74, 6) is 1.14. The number of aryl methyl sites for hydroxylation is 3. The van der Waals surface area contributed by atoms with Gasteiger partial charge in [-0.25, -0.2) is 4.98 Å². The van der Waals surface area contributed by atoms with Crippen molar-refractivity contribution in [3.8, 4) is 0 Å². The fraction of sp³-hybridized carbons (Fsp3) is 0.500. The van der Waals surface area contributed by atoms with Gasteiger partial charge < -0.3 is 14.8 Å². The van der Waals surface area contributed by atoms with Gasteiger partial charge in [-0.1, -0.05) is 30.3 Å². The number of piperidine rings is 1. The molecule has 0 radical (unpaired) electrons. The Morgan fingerprint density at radius 3 is 2.79 bits per heavy atom. The van der Waals surface area contributed by atoms with Crippen LogP contribution in [0.5, 0.6) is 0 Å². The Kier molecular flexibility index (Phi) is 7.23. The topological polar surface area (TPSA) is 67.2 Å². The molecule has 1 fully saturated rings. The lowest BCUT2D eigenvalue weighted by molar-refractivity contribution is -0.138. The molecule has 0 aliphatic carbocycles. The molecule has 1 saturated heterocycles. The molecule has 3 rings (SSSR count). The highest BCUT2D eigenvalue weighted by Crippen LogP contribution is 2.18. The zero-order valence-corrected chi connectivity index (χ0v) is 16.6. The number of aromatic nitrogens is 2. The molecule has 1 unspecified atom stereocenters. The molecule has 1 N–H and O–H groups in total. The van der Waals surface area contributed by atoms with Crippen LogP contribution in [-0.2, 0) is 22.6 Å². The van der Waals surface area contributed by atoms with E-state index in [2.05, 4.69) is 27.0 Å². The zero-order valence-electron chi connectivity index (χ0n) is 16.6. The predicted octanol–water partition coefficient (Wildman–Crippen LogP) is 2.57. The summed E-state index contributed by atoms with van der Waals surface area (Å²) in [4.78, 5) is 30.8. The van der Waals surface area contributed by atoms with Crippen LogP contribution in [-0.4, -0.2) is 45.9 Å². The van der Waals surface area contributed by atoms with Crippen molar-refractivity contribution in [1.29, 1.82) is 0 Å². The maximum atomic E-state index is 12.5. The Balaban J connectivity index is 1.38. The van der Waals surface area contributed by atoms with Crippen LogP contribution < -0.4 is 5.32 Å². The van der Waals surface area contributed by atoms with E-state index in [-0.39, 0.29) is 17.7 Å². The third-order valence-corrected chi connectivity index (χ3v) is 5.41. The van der Waals surface area contributed by atoms with E-state index in [1.165, 1.54) is 5.56 Å². The summed E-state index contributed by atoms with van der Waals surface area (Å²) in [7, 11) is 0. The van der Waals surface area contributed by atoms with Gasteiger partial charge in [0.2, 0.25) is 11.8 Å². The number of benzene rings is 1. The normalized spacial score (nSPS) is 17.0. The number of carbonyl (C=O) groups excluding carboxylic acids is 2. The molecule has 6 nitrogen and oxygen atoms in total. The molecule has 0 saturated carbocycles. The fourth-order valence-electron chi connectivity index (χ4n) is 3.71. The molecule has 1 aliphatic heterocycles. The molecule has 1 aromatic carbocycles. The molecule has 2 amide bonds. The maximum Gasteiger partial charge on any atom is 0.224 e. The van der Waals surface area contributed by atoms with E-state index >= 15 is 0 Å². The maximum absolute atomic E-state index is 12.5. The van der Waals surface area contributed by atoms with Gasteiger partial charge in [-0.05, 0) is 38.2 Å². The van der Waals surface area contributed by atoms with Crippen LogP contribution in [0.3, 0.4) is 0 Å². The van der Waals surface area contributed by atoms with Gasteiger partial charge in [0, 0.05) is 45.0 Å². The molecule has 2 aromatic rings. The second-order valence-electron chi connectivity index (χ2n) is 7.48. The first-order valence-corrected chi connectivity index (χ1v) is 10.2. The number of likely N-dealkylation sites (tertiary alicyclic amines) is 1. The van der Waals surface area contributed by atoms with E-state index in [1.54, 1.807) is 6.20 Å². The standard InChI is InChI=1S/C22H30N4O2/c1-18-23-13-16-25(18)15-6-12-24-22(28)20-10-11-21(27)26(17-20)14-5-9-19-7-3-2-4-8-19/h2-4,7-8,13,16,20H,5-6,9-12,14-15,17H2,1H3,(H,24,28). The van der Waals surface area contributed by atoms with Crippen LogP contribution in [0, 0.1) is 12.8 Å². The molecule has 1 aliphatic rings. The van der Waals surface area contributed by atoms with Crippen molar-refractivity contribution in [2.75, 3.05) is 19.6 Å². The van der Waals surface area contributed by atoms with Gasteiger partial charge in [0.1, 0.15) is 5.82 Å². The first-order valence-electron chi connectivity index (χ1n) is 10.2. The number of amides is 2. The van der Waals surface area contributed by atoms with E-state index < -0.39 is 0 Å². The average Bonchev–Trinajstić information content (AvgIpc) is 3.12. The van der Waals surface area contributed by atoms with Crippen molar-refractivity contribution in [3.05, 3.63) is 54.1 Å². The average molecular weight is 383 g/mol. The largest absolute Gasteiger partial charge is 0.356 e. The lowest BCUT2D eigenvalue weighted by atomic mass is 9.96. The molecule has 150 valence electrons. The molecule has 28 heavy (non-hydrogen) atoms. The third-order valence-electron chi connectivity index (χ3n) is 5.41. The Hall–Kier alpha value is -2.63. The molecule has 1 aromatic heterocycles. The molecule has 0 bridgehead atoms. The number of nitrogens with zero attached hydrogens (tertiary/aromatic N) is 3. The van der Waals surface area contributed by atoms with Crippen LogP contribution in [0.4, 0.5) is 0 Å². The number of hydrogen-bond acceptors (Lipinski definition) is 3. The van der Waals surface area contributed by atoms with Crippen molar-refractivity contribution >= 4 is 11.8 Å². The monoisotopic (exact) mass is 382 g/mol. The van der Waals surface area contributed by atoms with Crippen LogP contribution >= 0.6 is 0 Å². The van der Waals surface area contributed by atoms with Gasteiger partial charge in [0.25, 0.3) is 0 Å². The van der Waals surface area contributed by atoms with Gasteiger partial charge >= 0.3 is 0 Å². The minimum absolute atomic E-state index is 0.0721. The highest BCUT2D eigenvalue weighted by Gasteiger charge is 2.29. The van der Waals surface area contributed by atoms with Crippen LogP contribution in [0.1, 0.15) is 37.1 Å². The molecule has 6 heteroatoms. The number of nitrogens with one attached hydrogen (secondary N) is 1. The van der Waals surface area contributed by atoms with Crippen molar-refractivity contribution in [1.82, 2.24) is 19.8 Å². The second-order valence-corrected chi connectivity index (χ2v) is 7.48. The molecule has 1 atom stereocenters. The zero-order chi connectivity index (χ0) is 19.8.